The van der Waals surface area contributed by atoms with E-state index >= 15 is 0 Å². The van der Waals surface area contributed by atoms with Crippen molar-refractivity contribution in [2.75, 3.05) is 0 Å². The van der Waals surface area contributed by atoms with Gasteiger partial charge in [0.05, 0.1) is 6.42 Å². The molecule has 0 rings (SSSR count). The van der Waals surface area contributed by atoms with E-state index < -0.39 is 11.4 Å². The van der Waals surface area contributed by atoms with Crippen molar-refractivity contribution in [2.24, 2.45) is 5.41 Å². The van der Waals surface area contributed by atoms with Gasteiger partial charge in [0.25, 0.3) is 0 Å². The van der Waals surface area contributed by atoms with Crippen LogP contribution in [0.2, 0.25) is 0 Å². The van der Waals surface area contributed by atoms with Crippen LogP contribution in [0.5, 0.6) is 0 Å². The van der Waals surface area contributed by atoms with Crippen molar-refractivity contribution in [3.05, 3.63) is 0 Å². The van der Waals surface area contributed by atoms with Crippen molar-refractivity contribution in [1.82, 2.24) is 0 Å². The van der Waals surface area contributed by atoms with E-state index in [-0.39, 0.29) is 11.5 Å². The lowest BCUT2D eigenvalue weighted by Crippen LogP contribution is -2.31. The fraction of sp³-hybridized carbons (Fsp3) is 0.933. The molecule has 0 spiro atoms. The maximum Gasteiger partial charge on any atom is 0.304 e. The highest BCUT2D eigenvalue weighted by molar-refractivity contribution is 7.96. The minimum atomic E-state index is -0.867. The molecule has 0 aromatic rings. The summed E-state index contributed by atoms with van der Waals surface area (Å²) < 4.78 is 0. The number of aliphatic carboxylic acids is 1. The van der Waals surface area contributed by atoms with Gasteiger partial charge in [-0.2, -0.15) is 0 Å². The maximum absolute atomic E-state index is 12.4. The number of carboxylic acids is 1. The van der Waals surface area contributed by atoms with E-state index in [4.69, 9.17) is 0 Å². The summed E-state index contributed by atoms with van der Waals surface area (Å²) in [5.41, 5.74) is -0.770. The number of hydrogen-bond donors (Lipinski definition) is 2. The fourth-order valence-electron chi connectivity index (χ4n) is 5.14. The van der Waals surface area contributed by atoms with Crippen molar-refractivity contribution in [1.29, 1.82) is 0 Å². The van der Waals surface area contributed by atoms with Gasteiger partial charge in [-0.1, -0.05) is 155 Å². The van der Waals surface area contributed by atoms with E-state index in [0.29, 0.717) is 12.8 Å². The monoisotopic (exact) mass is 498 g/mol. The first-order chi connectivity index (χ1) is 16.5. The molecule has 34 heavy (non-hydrogen) atoms. The summed E-state index contributed by atoms with van der Waals surface area (Å²) in [7, 11) is 0. The summed E-state index contributed by atoms with van der Waals surface area (Å²) in [6, 6.07) is 0. The minimum absolute atomic E-state index is 0.0646. The number of hydrogen-bond acceptors (Lipinski definition) is 2. The molecule has 0 atom stereocenters. The molecule has 0 aliphatic heterocycles. The second-order valence-corrected chi connectivity index (χ2v) is 11.1. The second-order valence-electron chi connectivity index (χ2n) is 10.7. The Morgan fingerprint density at radius 1 is 0.529 bits per heavy atom. The van der Waals surface area contributed by atoms with Gasteiger partial charge in [0.2, 0.25) is 0 Å². The van der Waals surface area contributed by atoms with E-state index in [1.807, 2.05) is 0 Å². The number of rotatable bonds is 27. The van der Waals surface area contributed by atoms with Crippen LogP contribution in [0.3, 0.4) is 0 Å². The third-order valence-electron chi connectivity index (χ3n) is 7.46. The highest BCUT2D eigenvalue weighted by atomic mass is 32.1. The Balaban J connectivity index is 4.07. The minimum Gasteiger partial charge on any atom is -0.481 e. The largest absolute Gasteiger partial charge is 0.481 e. The van der Waals surface area contributed by atoms with Gasteiger partial charge in [0, 0.05) is 5.41 Å². The molecule has 0 amide bonds. The second kappa shape index (κ2) is 24.2. The lowest BCUT2D eigenvalue weighted by Gasteiger charge is -2.29. The number of carboxylic acid groups (broad SMARTS) is 1. The van der Waals surface area contributed by atoms with Crippen molar-refractivity contribution < 1.29 is 14.7 Å². The van der Waals surface area contributed by atoms with Gasteiger partial charge in [0.15, 0.2) is 5.12 Å². The Labute approximate surface area is 218 Å². The zero-order chi connectivity index (χ0) is 25.3. The van der Waals surface area contributed by atoms with Crippen LogP contribution in [-0.2, 0) is 9.59 Å². The molecule has 4 heteroatoms. The maximum atomic E-state index is 12.4. The number of carbonyl (C=O) groups is 2. The summed E-state index contributed by atoms with van der Waals surface area (Å²) in [5.74, 6) is -0.867. The van der Waals surface area contributed by atoms with Gasteiger partial charge in [-0.15, -0.1) is 12.6 Å². The lowest BCUT2D eigenvalue weighted by molar-refractivity contribution is -0.143. The molecule has 0 heterocycles. The fourth-order valence-corrected chi connectivity index (χ4v) is 5.44. The molecule has 0 radical (unpaired) electrons. The van der Waals surface area contributed by atoms with Crippen molar-refractivity contribution in [3.63, 3.8) is 0 Å². The van der Waals surface area contributed by atoms with E-state index in [0.717, 1.165) is 25.7 Å². The summed E-state index contributed by atoms with van der Waals surface area (Å²) in [5, 5.41) is 9.25. The quantitative estimate of drug-likeness (QED) is 0.0874. The first-order valence-electron chi connectivity index (χ1n) is 14.9. The predicted molar refractivity (Wildman–Crippen MR) is 151 cm³/mol. The van der Waals surface area contributed by atoms with Crippen LogP contribution in [-0.4, -0.2) is 16.2 Å². The predicted octanol–water partition coefficient (Wildman–Crippen LogP) is 10.3. The highest BCUT2D eigenvalue weighted by Crippen LogP contribution is 2.38. The molecule has 0 unspecified atom stereocenters. The molecule has 0 aromatic heterocycles. The SMILES string of the molecule is CCCCCCCCCCCCCC(CCCCCCCCCCCCC)(CC(=O)O)C(=O)S. The Morgan fingerprint density at radius 3 is 1.03 bits per heavy atom. The molecule has 202 valence electrons. The third kappa shape index (κ3) is 19.8. The van der Waals surface area contributed by atoms with Crippen LogP contribution in [0.25, 0.3) is 0 Å². The molecule has 0 aromatic carbocycles. The zero-order valence-corrected chi connectivity index (χ0v) is 23.8. The molecule has 0 fully saturated rings. The van der Waals surface area contributed by atoms with Crippen LogP contribution < -0.4 is 0 Å². The van der Waals surface area contributed by atoms with Gasteiger partial charge >= 0.3 is 5.97 Å². The summed E-state index contributed by atoms with van der Waals surface area (Å²) in [6.07, 6.45) is 29.1. The van der Waals surface area contributed by atoms with E-state index in [1.54, 1.807) is 0 Å². The van der Waals surface area contributed by atoms with E-state index in [1.165, 1.54) is 116 Å². The average molecular weight is 499 g/mol. The van der Waals surface area contributed by atoms with Crippen molar-refractivity contribution in [3.8, 4) is 0 Å². The molecular formula is C30H58O3S. The third-order valence-corrected chi connectivity index (χ3v) is 7.94. The van der Waals surface area contributed by atoms with Gasteiger partial charge < -0.3 is 5.11 Å². The topological polar surface area (TPSA) is 54.4 Å². The smallest absolute Gasteiger partial charge is 0.304 e. The first-order valence-corrected chi connectivity index (χ1v) is 15.4. The van der Waals surface area contributed by atoms with Gasteiger partial charge in [-0.25, -0.2) is 0 Å². The molecule has 0 bridgehead atoms. The van der Waals surface area contributed by atoms with Gasteiger partial charge in [-0.3, -0.25) is 9.59 Å². The summed E-state index contributed by atoms with van der Waals surface area (Å²) >= 11 is 4.16. The normalized spacial score (nSPS) is 11.7. The van der Waals surface area contributed by atoms with Crippen LogP contribution in [0.1, 0.15) is 174 Å². The summed E-state index contributed by atoms with van der Waals surface area (Å²) in [4.78, 5) is 24.0. The standard InChI is InChI=1S/C30H58O3S/c1-3-5-7-9-11-13-15-17-19-21-23-25-30(29(33)34,27-28(31)32)26-24-22-20-18-16-14-12-10-8-6-4-2/h3-27H2,1-2H3,(H,31,32)(H,33,34). The Morgan fingerprint density at radius 2 is 0.794 bits per heavy atom. The molecule has 0 saturated carbocycles. The average Bonchev–Trinajstić information content (AvgIpc) is 2.80. The van der Waals surface area contributed by atoms with Crippen molar-refractivity contribution in [2.45, 2.75) is 174 Å². The summed E-state index contributed by atoms with van der Waals surface area (Å²) in [6.45, 7) is 4.51. The Kier molecular flexibility index (Phi) is 23.8. The lowest BCUT2D eigenvalue weighted by atomic mass is 9.76. The van der Waals surface area contributed by atoms with Crippen LogP contribution in [0, 0.1) is 5.41 Å². The van der Waals surface area contributed by atoms with Crippen molar-refractivity contribution >= 4 is 23.7 Å². The van der Waals surface area contributed by atoms with Crippen LogP contribution in [0.4, 0.5) is 0 Å². The Bertz CT molecular complexity index is 452. The molecule has 0 saturated heterocycles. The number of carbonyl (C=O) groups excluding carboxylic acids is 1. The van der Waals surface area contributed by atoms with Crippen LogP contribution in [0.15, 0.2) is 0 Å². The first kappa shape index (κ1) is 33.5. The van der Waals surface area contributed by atoms with E-state index in [2.05, 4.69) is 26.5 Å². The number of unbranched alkanes of at least 4 members (excludes halogenated alkanes) is 20. The molecule has 0 aliphatic carbocycles. The van der Waals surface area contributed by atoms with Crippen LogP contribution >= 0.6 is 12.6 Å². The van der Waals surface area contributed by atoms with E-state index in [9.17, 15) is 14.7 Å². The Hall–Kier alpha value is -0.510. The molecule has 1 N–H and O–H groups in total. The molecular weight excluding hydrogens is 440 g/mol. The highest BCUT2D eigenvalue weighted by Gasteiger charge is 2.37. The van der Waals surface area contributed by atoms with Gasteiger partial charge in [-0.05, 0) is 12.8 Å². The number of thiol groups is 1. The molecule has 0 aliphatic rings. The zero-order valence-electron chi connectivity index (χ0n) is 22.9. The van der Waals surface area contributed by atoms with Gasteiger partial charge in [0.1, 0.15) is 0 Å². The molecule has 3 nitrogen and oxygen atoms in total.